The van der Waals surface area contributed by atoms with E-state index in [0.717, 1.165) is 22.6 Å². The first-order valence-electron chi connectivity index (χ1n) is 8.11. The molecule has 0 unspecified atom stereocenters. The monoisotopic (exact) mass is 344 g/mol. The second-order valence-electron chi connectivity index (χ2n) is 5.89. The first-order chi connectivity index (χ1) is 11.7. The number of aliphatic hydroxyl groups is 1. The van der Waals surface area contributed by atoms with Crippen LogP contribution in [0.3, 0.4) is 0 Å². The van der Waals surface area contributed by atoms with Crippen molar-refractivity contribution in [1.82, 2.24) is 5.01 Å². The van der Waals surface area contributed by atoms with Crippen molar-refractivity contribution in [2.24, 2.45) is 5.10 Å². The van der Waals surface area contributed by atoms with Crippen molar-refractivity contribution in [3.05, 3.63) is 57.8 Å². The third-order valence-corrected chi connectivity index (χ3v) is 5.05. The minimum absolute atomic E-state index is 0.0241. The molecule has 126 valence electrons. The minimum atomic E-state index is -0.0312. The Balaban J connectivity index is 1.82. The Morgan fingerprint density at radius 3 is 2.83 bits per heavy atom. The minimum Gasteiger partial charge on any atom is -0.391 e. The summed E-state index contributed by atoms with van der Waals surface area (Å²) in [5, 5.41) is 19.0. The van der Waals surface area contributed by atoms with Crippen LogP contribution in [0.5, 0.6) is 0 Å². The summed E-state index contributed by atoms with van der Waals surface area (Å²) >= 11 is 1.65. The van der Waals surface area contributed by atoms with Gasteiger partial charge >= 0.3 is 0 Å². The number of carbonyl (C=O) groups is 1. The number of hydrazone groups is 1. The molecular formula is C18H22N3O2S+. The van der Waals surface area contributed by atoms with Crippen LogP contribution in [-0.4, -0.2) is 41.4 Å². The first kappa shape index (κ1) is 16.8. The van der Waals surface area contributed by atoms with Crippen LogP contribution < -0.4 is 5.32 Å². The molecule has 0 saturated carbocycles. The number of thiophene rings is 1. The van der Waals surface area contributed by atoms with Gasteiger partial charge in [0.05, 0.1) is 24.9 Å². The molecule has 1 amide bonds. The molecule has 0 saturated heterocycles. The molecule has 1 aromatic heterocycles. The molecule has 5 nitrogen and oxygen atoms in total. The predicted octanol–water partition coefficient (Wildman–Crippen LogP) is 1.29. The van der Waals surface area contributed by atoms with Crippen LogP contribution in [0, 0.1) is 6.92 Å². The van der Waals surface area contributed by atoms with Crippen molar-refractivity contribution in [3.8, 4) is 0 Å². The Bertz CT molecular complexity index is 710. The van der Waals surface area contributed by atoms with Crippen molar-refractivity contribution in [2.45, 2.75) is 19.4 Å². The molecule has 3 N–H and O–H groups in total. The topological polar surface area (TPSA) is 69.5 Å². The maximum absolute atomic E-state index is 12.6. The SMILES string of the molecule is Cc1ccc(C2=NN(C(=O)C[NH2+]CCO)[C@H](c3cccs3)C2)cc1. The van der Waals surface area contributed by atoms with E-state index >= 15 is 0 Å². The predicted molar refractivity (Wildman–Crippen MR) is 95.0 cm³/mol. The fourth-order valence-corrected chi connectivity index (χ4v) is 3.59. The molecule has 1 aliphatic rings. The molecule has 1 aromatic carbocycles. The molecule has 0 spiro atoms. The number of benzene rings is 1. The summed E-state index contributed by atoms with van der Waals surface area (Å²) in [6, 6.07) is 12.3. The molecule has 24 heavy (non-hydrogen) atoms. The quantitative estimate of drug-likeness (QED) is 0.775. The maximum Gasteiger partial charge on any atom is 0.298 e. The van der Waals surface area contributed by atoms with Gasteiger partial charge in [-0.25, -0.2) is 5.01 Å². The zero-order valence-electron chi connectivity index (χ0n) is 13.7. The van der Waals surface area contributed by atoms with Gasteiger partial charge in [0.25, 0.3) is 5.91 Å². The van der Waals surface area contributed by atoms with E-state index in [1.54, 1.807) is 16.3 Å². The molecule has 1 aliphatic heterocycles. The van der Waals surface area contributed by atoms with Gasteiger partial charge in [0.1, 0.15) is 0 Å². The highest BCUT2D eigenvalue weighted by atomic mass is 32.1. The number of aliphatic hydroxyl groups excluding tert-OH is 1. The number of quaternary nitrogens is 1. The number of nitrogens with zero attached hydrogens (tertiary/aromatic N) is 2. The van der Waals surface area contributed by atoms with Gasteiger partial charge in [0.2, 0.25) is 0 Å². The number of hydrogen-bond acceptors (Lipinski definition) is 4. The Kier molecular flexibility index (Phi) is 5.40. The summed E-state index contributed by atoms with van der Waals surface area (Å²) in [5.74, 6) is -0.0241. The molecule has 0 fully saturated rings. The van der Waals surface area contributed by atoms with Gasteiger partial charge < -0.3 is 10.4 Å². The highest BCUT2D eigenvalue weighted by molar-refractivity contribution is 7.10. The average Bonchev–Trinajstić information content (AvgIpc) is 3.25. The lowest BCUT2D eigenvalue weighted by Gasteiger charge is -2.19. The maximum atomic E-state index is 12.6. The van der Waals surface area contributed by atoms with E-state index in [1.807, 2.05) is 16.8 Å². The van der Waals surface area contributed by atoms with Gasteiger partial charge in [-0.15, -0.1) is 11.3 Å². The van der Waals surface area contributed by atoms with Crippen molar-refractivity contribution < 1.29 is 15.2 Å². The molecule has 2 aromatic rings. The Morgan fingerprint density at radius 1 is 1.38 bits per heavy atom. The van der Waals surface area contributed by atoms with Gasteiger partial charge in [-0.1, -0.05) is 35.9 Å². The number of aryl methyl sites for hydroxylation is 1. The van der Waals surface area contributed by atoms with E-state index in [4.69, 9.17) is 5.11 Å². The molecule has 2 heterocycles. The molecule has 3 rings (SSSR count). The van der Waals surface area contributed by atoms with Crippen LogP contribution in [0.15, 0.2) is 46.9 Å². The highest BCUT2D eigenvalue weighted by Gasteiger charge is 2.34. The van der Waals surface area contributed by atoms with Crippen molar-refractivity contribution in [3.63, 3.8) is 0 Å². The van der Waals surface area contributed by atoms with E-state index in [9.17, 15) is 4.79 Å². The molecule has 0 aliphatic carbocycles. The fraction of sp³-hybridized carbons (Fsp3) is 0.333. The summed E-state index contributed by atoms with van der Waals surface area (Å²) in [4.78, 5) is 13.7. The van der Waals surface area contributed by atoms with Crippen LogP contribution in [-0.2, 0) is 4.79 Å². The third-order valence-electron chi connectivity index (χ3n) is 4.07. The van der Waals surface area contributed by atoms with Crippen LogP contribution in [0.4, 0.5) is 0 Å². The second-order valence-corrected chi connectivity index (χ2v) is 6.87. The molecule has 1 atom stereocenters. The molecular weight excluding hydrogens is 322 g/mol. The molecule has 0 bridgehead atoms. The highest BCUT2D eigenvalue weighted by Crippen LogP contribution is 2.34. The Labute approximate surface area is 145 Å². The van der Waals surface area contributed by atoms with Gasteiger partial charge in [0.15, 0.2) is 6.54 Å². The van der Waals surface area contributed by atoms with Crippen molar-refractivity contribution in [1.29, 1.82) is 0 Å². The Morgan fingerprint density at radius 2 is 2.17 bits per heavy atom. The fourth-order valence-electron chi connectivity index (χ4n) is 2.77. The van der Waals surface area contributed by atoms with Crippen LogP contribution >= 0.6 is 11.3 Å². The summed E-state index contributed by atoms with van der Waals surface area (Å²) in [7, 11) is 0. The average molecular weight is 344 g/mol. The largest absolute Gasteiger partial charge is 0.391 e. The summed E-state index contributed by atoms with van der Waals surface area (Å²) in [6.45, 7) is 2.95. The van der Waals surface area contributed by atoms with Gasteiger partial charge in [-0.2, -0.15) is 5.10 Å². The summed E-state index contributed by atoms with van der Waals surface area (Å²) in [6.07, 6.45) is 0.731. The lowest BCUT2D eigenvalue weighted by molar-refractivity contribution is -0.645. The number of nitrogens with two attached hydrogens (primary N) is 1. The molecule has 0 radical (unpaired) electrons. The smallest absolute Gasteiger partial charge is 0.298 e. The van der Waals surface area contributed by atoms with Crippen LogP contribution in [0.25, 0.3) is 0 Å². The van der Waals surface area contributed by atoms with Gasteiger partial charge in [-0.05, 0) is 23.9 Å². The number of hydrogen-bond donors (Lipinski definition) is 2. The van der Waals surface area contributed by atoms with E-state index in [-0.39, 0.29) is 18.6 Å². The summed E-state index contributed by atoms with van der Waals surface area (Å²) in [5.41, 5.74) is 3.22. The van der Waals surface area contributed by atoms with E-state index < -0.39 is 0 Å². The second kappa shape index (κ2) is 7.70. The Hall–Kier alpha value is -2.02. The lowest BCUT2D eigenvalue weighted by Crippen LogP contribution is -2.87. The molecule has 6 heteroatoms. The van der Waals surface area contributed by atoms with Gasteiger partial charge in [-0.3, -0.25) is 4.79 Å². The van der Waals surface area contributed by atoms with E-state index in [0.29, 0.717) is 13.1 Å². The van der Waals surface area contributed by atoms with Crippen molar-refractivity contribution in [2.75, 3.05) is 19.7 Å². The number of amides is 1. The first-order valence-corrected chi connectivity index (χ1v) is 8.99. The normalized spacial score (nSPS) is 17.2. The van der Waals surface area contributed by atoms with Crippen LogP contribution in [0.1, 0.15) is 28.5 Å². The number of carbonyl (C=O) groups excluding carboxylic acids is 1. The lowest BCUT2D eigenvalue weighted by atomic mass is 10.0. The standard InChI is InChI=1S/C18H21N3O2S/c1-13-4-6-14(7-5-13)15-11-16(17-3-2-10-24-17)21(20-15)18(23)12-19-8-9-22/h2-7,10,16,19,22H,8-9,11-12H2,1H3/p+1/t16-/m0/s1. The number of rotatable bonds is 6. The van der Waals surface area contributed by atoms with Crippen molar-refractivity contribution >= 4 is 23.0 Å². The van der Waals surface area contributed by atoms with E-state index in [2.05, 4.69) is 42.4 Å². The summed E-state index contributed by atoms with van der Waals surface area (Å²) < 4.78 is 0. The van der Waals surface area contributed by atoms with E-state index in [1.165, 1.54) is 5.56 Å². The third kappa shape index (κ3) is 3.72. The zero-order chi connectivity index (χ0) is 16.9. The van der Waals surface area contributed by atoms with Crippen LogP contribution in [0.2, 0.25) is 0 Å². The van der Waals surface area contributed by atoms with Gasteiger partial charge in [0, 0.05) is 11.3 Å². The zero-order valence-corrected chi connectivity index (χ0v) is 14.5.